The zero-order chi connectivity index (χ0) is 11.4. The molecule has 1 aliphatic heterocycles. The van der Waals surface area contributed by atoms with Gasteiger partial charge in [0.25, 0.3) is 8.40 Å². The first-order valence-corrected chi connectivity index (χ1v) is 7.24. The van der Waals surface area contributed by atoms with Gasteiger partial charge < -0.3 is 4.57 Å². The Hall–Kier alpha value is -0.313. The maximum absolute atomic E-state index is 4.96. The van der Waals surface area contributed by atoms with Crippen LogP contribution >= 0.6 is 0 Å². The van der Waals surface area contributed by atoms with Crippen molar-refractivity contribution in [1.82, 2.24) is 4.57 Å². The van der Waals surface area contributed by atoms with Crippen molar-refractivity contribution < 1.29 is 0 Å². The van der Waals surface area contributed by atoms with Gasteiger partial charge in [-0.15, -0.1) is 0 Å². The van der Waals surface area contributed by atoms with Gasteiger partial charge in [-0.3, -0.25) is 4.66 Å². The lowest BCUT2D eigenvalue weighted by Gasteiger charge is -2.59. The van der Waals surface area contributed by atoms with Crippen molar-refractivity contribution in [1.29, 1.82) is 0 Å². The van der Waals surface area contributed by atoms with Crippen molar-refractivity contribution in [2.75, 3.05) is 7.05 Å². The van der Waals surface area contributed by atoms with Crippen LogP contribution in [-0.2, 0) is 0 Å². The lowest BCUT2D eigenvalue weighted by molar-refractivity contribution is 0.494. The molecule has 0 saturated heterocycles. The van der Waals surface area contributed by atoms with E-state index in [0.717, 1.165) is 0 Å². The van der Waals surface area contributed by atoms with Crippen LogP contribution in [0, 0.1) is 0 Å². The summed E-state index contributed by atoms with van der Waals surface area (Å²) in [6.07, 6.45) is 0. The maximum atomic E-state index is 4.96. The largest absolute Gasteiger partial charge is 0.371 e. The third-order valence-electron chi connectivity index (χ3n) is 3.39. The zero-order valence-electron chi connectivity index (χ0n) is 10.9. The molecule has 0 aliphatic carbocycles. The minimum Gasteiger partial charge on any atom is -0.371 e. The Labute approximate surface area is 89.6 Å². The van der Waals surface area contributed by atoms with Gasteiger partial charge >= 0.3 is 0 Å². The second-order valence-corrected chi connectivity index (χ2v) is 11.6. The molecule has 0 radical (unpaired) electrons. The topological polar surface area (TPSA) is 15.6 Å². The summed E-state index contributed by atoms with van der Waals surface area (Å²) >= 11 is 0. The molecule has 0 fully saturated rings. The van der Waals surface area contributed by atoms with Crippen LogP contribution in [0.3, 0.4) is 0 Å². The summed E-state index contributed by atoms with van der Waals surface area (Å²) < 4.78 is 7.42. The lowest BCUT2D eigenvalue weighted by atomic mass is 10.2. The molecule has 0 aromatic heterocycles. The van der Waals surface area contributed by atoms with Crippen LogP contribution in [0.1, 0.15) is 48.5 Å². The average molecular weight is 212 g/mol. The lowest BCUT2D eigenvalue weighted by Crippen LogP contribution is -2.70. The van der Waals surface area contributed by atoms with E-state index in [1.807, 2.05) is 0 Å². The molecule has 82 valence electrons. The van der Waals surface area contributed by atoms with E-state index < -0.39 is 8.40 Å². The van der Waals surface area contributed by atoms with Crippen LogP contribution in [0.5, 0.6) is 0 Å². The molecule has 0 N–H and O–H groups in total. The quantitative estimate of drug-likeness (QED) is 0.562. The van der Waals surface area contributed by atoms with Crippen molar-refractivity contribution in [3.63, 3.8) is 0 Å². The van der Waals surface area contributed by atoms with E-state index in [9.17, 15) is 0 Å². The molecular weight excluding hydrogens is 188 g/mol. The number of amidine groups is 1. The van der Waals surface area contributed by atoms with Gasteiger partial charge in [0, 0.05) is 7.05 Å². The highest BCUT2D eigenvalue weighted by molar-refractivity contribution is 6.87. The number of rotatable bonds is 0. The Bertz CT molecular complexity index is 254. The van der Waals surface area contributed by atoms with E-state index in [1.54, 1.807) is 0 Å². The summed E-state index contributed by atoms with van der Waals surface area (Å²) in [6, 6.07) is 0. The molecule has 0 aromatic rings. The van der Waals surface area contributed by atoms with E-state index in [4.69, 9.17) is 4.66 Å². The molecule has 0 saturated carbocycles. The fourth-order valence-electron chi connectivity index (χ4n) is 3.04. The molecule has 0 aromatic carbocycles. The first-order chi connectivity index (χ1) is 6.04. The van der Waals surface area contributed by atoms with Crippen LogP contribution < -0.4 is 0 Å². The first-order valence-electron chi connectivity index (χ1n) is 5.34. The molecule has 1 aliphatic rings. The van der Waals surface area contributed by atoms with Crippen molar-refractivity contribution in [3.05, 3.63) is 0 Å². The molecule has 0 spiro atoms. The van der Waals surface area contributed by atoms with Crippen molar-refractivity contribution in [3.8, 4) is 0 Å². The van der Waals surface area contributed by atoms with Gasteiger partial charge in [-0.2, -0.15) is 0 Å². The van der Waals surface area contributed by atoms with E-state index in [0.29, 0.717) is 10.1 Å². The Kier molecular flexibility index (Phi) is 2.39. The summed E-state index contributed by atoms with van der Waals surface area (Å²) in [5, 5.41) is 0.610. The molecule has 0 atom stereocenters. The molecule has 2 nitrogen and oxygen atoms in total. The fourth-order valence-corrected chi connectivity index (χ4v) is 9.12. The minimum atomic E-state index is -1.69. The van der Waals surface area contributed by atoms with Crippen molar-refractivity contribution >= 4 is 14.2 Å². The number of hydrogen-bond donors (Lipinski definition) is 0. The minimum absolute atomic E-state index is 0.305. The standard InChI is InChI=1S/C11H24N2Si/c1-9-12-14(13(9)8,10(2,3)4)11(5,6)7/h1-8H3. The predicted octanol–water partition coefficient (Wildman–Crippen LogP) is 3.39. The summed E-state index contributed by atoms with van der Waals surface area (Å²) in [4.78, 5) is 0. The molecule has 0 amide bonds. The second-order valence-electron chi connectivity index (χ2n) is 6.39. The van der Waals surface area contributed by atoms with Crippen LogP contribution in [0.15, 0.2) is 4.66 Å². The Morgan fingerprint density at radius 1 is 1.00 bits per heavy atom. The Morgan fingerprint density at radius 2 is 1.36 bits per heavy atom. The highest BCUT2D eigenvalue weighted by Gasteiger charge is 2.62. The highest BCUT2D eigenvalue weighted by Crippen LogP contribution is 2.56. The first kappa shape index (κ1) is 11.8. The van der Waals surface area contributed by atoms with Gasteiger partial charge in [0.15, 0.2) is 0 Å². The van der Waals surface area contributed by atoms with Crippen molar-refractivity contribution in [2.45, 2.75) is 58.5 Å². The molecular formula is C11H24N2Si. The van der Waals surface area contributed by atoms with Crippen LogP contribution in [0.4, 0.5) is 0 Å². The van der Waals surface area contributed by atoms with Crippen LogP contribution in [-0.4, -0.2) is 25.8 Å². The second kappa shape index (κ2) is 2.84. The maximum Gasteiger partial charge on any atom is 0.297 e. The molecule has 14 heavy (non-hydrogen) atoms. The van der Waals surface area contributed by atoms with Gasteiger partial charge in [0.2, 0.25) is 0 Å². The molecule has 1 rings (SSSR count). The third-order valence-corrected chi connectivity index (χ3v) is 9.51. The Morgan fingerprint density at radius 3 is 1.43 bits per heavy atom. The number of nitrogens with zero attached hydrogens (tertiary/aromatic N) is 2. The smallest absolute Gasteiger partial charge is 0.297 e. The Balaban J connectivity index is 3.23. The summed E-state index contributed by atoms with van der Waals surface area (Å²) in [7, 11) is 0.522. The number of hydrogen-bond acceptors (Lipinski definition) is 2. The molecule has 0 unspecified atom stereocenters. The van der Waals surface area contributed by atoms with Gasteiger partial charge in [0.05, 0.1) is 5.84 Å². The molecule has 3 heteroatoms. The van der Waals surface area contributed by atoms with E-state index >= 15 is 0 Å². The van der Waals surface area contributed by atoms with E-state index in [-0.39, 0.29) is 0 Å². The summed E-state index contributed by atoms with van der Waals surface area (Å²) in [5.74, 6) is 1.21. The molecule has 0 bridgehead atoms. The van der Waals surface area contributed by atoms with Gasteiger partial charge in [-0.1, -0.05) is 41.5 Å². The van der Waals surface area contributed by atoms with Gasteiger partial charge in [-0.25, -0.2) is 0 Å². The zero-order valence-corrected chi connectivity index (χ0v) is 11.9. The van der Waals surface area contributed by atoms with Crippen LogP contribution in [0.2, 0.25) is 10.1 Å². The average Bonchev–Trinajstić information content (AvgIpc) is 1.93. The van der Waals surface area contributed by atoms with Gasteiger partial charge in [0.1, 0.15) is 0 Å². The summed E-state index contributed by atoms with van der Waals surface area (Å²) in [6.45, 7) is 16.1. The highest BCUT2D eigenvalue weighted by atomic mass is 28.4. The van der Waals surface area contributed by atoms with E-state index in [2.05, 4.69) is 60.1 Å². The third kappa shape index (κ3) is 1.25. The normalized spacial score (nSPS) is 21.7. The SMILES string of the molecule is CC1=N[Si](C(C)(C)C)(C(C)(C)C)N1C. The van der Waals surface area contributed by atoms with E-state index in [1.165, 1.54) is 5.84 Å². The molecule has 1 heterocycles. The predicted molar refractivity (Wildman–Crippen MR) is 66.1 cm³/mol. The fraction of sp³-hybridized carbons (Fsp3) is 0.909. The van der Waals surface area contributed by atoms with Crippen molar-refractivity contribution in [2.24, 2.45) is 4.66 Å². The van der Waals surface area contributed by atoms with Crippen LogP contribution in [0.25, 0.3) is 0 Å². The summed E-state index contributed by atoms with van der Waals surface area (Å²) in [5.41, 5.74) is 0. The van der Waals surface area contributed by atoms with Gasteiger partial charge in [-0.05, 0) is 17.0 Å². The monoisotopic (exact) mass is 212 g/mol.